The molecule has 0 aliphatic carbocycles. The van der Waals surface area contributed by atoms with Crippen LogP contribution in [0.5, 0.6) is 0 Å². The monoisotopic (exact) mass is 399 g/mol. The predicted octanol–water partition coefficient (Wildman–Crippen LogP) is 2.10. The second-order valence-electron chi connectivity index (χ2n) is 7.57. The third-order valence-electron chi connectivity index (χ3n) is 5.75. The normalized spacial score (nSPS) is 22.9. The molecule has 0 aromatic heterocycles. The Morgan fingerprint density at radius 3 is 2.57 bits per heavy atom. The first-order chi connectivity index (χ1) is 13.4. The lowest BCUT2D eigenvalue weighted by Crippen LogP contribution is -2.35. The molecular formula is C21H25N3O3S. The zero-order chi connectivity index (χ0) is 19.9. The van der Waals surface area contributed by atoms with Crippen LogP contribution < -0.4 is 10.6 Å². The highest BCUT2D eigenvalue weighted by atomic mass is 32.2. The highest BCUT2D eigenvalue weighted by molar-refractivity contribution is 7.89. The van der Waals surface area contributed by atoms with Gasteiger partial charge < -0.3 is 10.6 Å². The van der Waals surface area contributed by atoms with Crippen LogP contribution in [0.2, 0.25) is 0 Å². The molecule has 2 aromatic rings. The SMILES string of the molecule is CC(=O)N1CCCc2ccc(S(=O)(=O)N3C[C@@H](N)[C@H](c4ccccc4)C3)cc21. The van der Waals surface area contributed by atoms with Crippen LogP contribution >= 0.6 is 0 Å². The largest absolute Gasteiger partial charge is 0.326 e. The summed E-state index contributed by atoms with van der Waals surface area (Å²) >= 11 is 0. The van der Waals surface area contributed by atoms with Crippen LogP contribution in [0.15, 0.2) is 53.4 Å². The molecule has 1 saturated heterocycles. The molecule has 7 heteroatoms. The molecule has 2 atom stereocenters. The minimum Gasteiger partial charge on any atom is -0.326 e. The smallest absolute Gasteiger partial charge is 0.243 e. The van der Waals surface area contributed by atoms with Gasteiger partial charge in [0.05, 0.1) is 4.90 Å². The van der Waals surface area contributed by atoms with Crippen LogP contribution in [-0.4, -0.2) is 44.3 Å². The summed E-state index contributed by atoms with van der Waals surface area (Å²) in [7, 11) is -3.68. The minimum atomic E-state index is -3.68. The molecule has 28 heavy (non-hydrogen) atoms. The molecule has 4 rings (SSSR count). The lowest BCUT2D eigenvalue weighted by molar-refractivity contribution is -0.116. The number of benzene rings is 2. The van der Waals surface area contributed by atoms with E-state index in [1.54, 1.807) is 17.0 Å². The van der Waals surface area contributed by atoms with E-state index in [0.29, 0.717) is 18.8 Å². The number of hydrogen-bond acceptors (Lipinski definition) is 4. The maximum atomic E-state index is 13.3. The van der Waals surface area contributed by atoms with Gasteiger partial charge in [0.2, 0.25) is 15.9 Å². The quantitative estimate of drug-likeness (QED) is 0.857. The van der Waals surface area contributed by atoms with Gasteiger partial charge in [-0.1, -0.05) is 36.4 Å². The number of hydrogen-bond donors (Lipinski definition) is 1. The Balaban J connectivity index is 1.64. The summed E-state index contributed by atoms with van der Waals surface area (Å²) in [5, 5.41) is 0. The summed E-state index contributed by atoms with van der Waals surface area (Å²) in [6, 6.07) is 14.7. The Kier molecular flexibility index (Phi) is 4.99. The Bertz CT molecular complexity index is 991. The van der Waals surface area contributed by atoms with Crippen molar-refractivity contribution in [2.45, 2.75) is 36.6 Å². The Labute approximate surface area is 166 Å². The van der Waals surface area contributed by atoms with E-state index in [2.05, 4.69) is 0 Å². The minimum absolute atomic E-state index is 0.0256. The Morgan fingerprint density at radius 2 is 1.86 bits per heavy atom. The van der Waals surface area contributed by atoms with Crippen molar-refractivity contribution in [3.8, 4) is 0 Å². The van der Waals surface area contributed by atoms with Crippen molar-refractivity contribution in [2.24, 2.45) is 5.73 Å². The molecule has 2 heterocycles. The van der Waals surface area contributed by atoms with Gasteiger partial charge in [0, 0.05) is 44.2 Å². The third-order valence-corrected chi connectivity index (χ3v) is 7.58. The van der Waals surface area contributed by atoms with Crippen LogP contribution in [-0.2, 0) is 21.2 Å². The summed E-state index contributed by atoms with van der Waals surface area (Å²) in [6.45, 7) is 2.78. The van der Waals surface area contributed by atoms with E-state index in [4.69, 9.17) is 5.73 Å². The lowest BCUT2D eigenvalue weighted by Gasteiger charge is -2.29. The number of aryl methyl sites for hydroxylation is 1. The van der Waals surface area contributed by atoms with Crippen molar-refractivity contribution in [2.75, 3.05) is 24.5 Å². The average Bonchev–Trinajstić information content (AvgIpc) is 3.10. The fourth-order valence-electron chi connectivity index (χ4n) is 4.23. The van der Waals surface area contributed by atoms with Crippen molar-refractivity contribution < 1.29 is 13.2 Å². The molecule has 2 N–H and O–H groups in total. The molecule has 2 aliphatic rings. The van der Waals surface area contributed by atoms with E-state index in [1.807, 2.05) is 36.4 Å². The van der Waals surface area contributed by atoms with Gasteiger partial charge in [0.15, 0.2) is 0 Å². The topological polar surface area (TPSA) is 83.7 Å². The third kappa shape index (κ3) is 3.34. The molecular weight excluding hydrogens is 374 g/mol. The first-order valence-electron chi connectivity index (χ1n) is 9.59. The summed E-state index contributed by atoms with van der Waals surface area (Å²) in [4.78, 5) is 13.9. The van der Waals surface area contributed by atoms with E-state index in [0.717, 1.165) is 24.0 Å². The van der Waals surface area contributed by atoms with Crippen LogP contribution in [0, 0.1) is 0 Å². The van der Waals surface area contributed by atoms with Crippen LogP contribution in [0.4, 0.5) is 5.69 Å². The number of nitrogens with zero attached hydrogens (tertiary/aromatic N) is 2. The summed E-state index contributed by atoms with van der Waals surface area (Å²) in [5.74, 6) is -0.0924. The average molecular weight is 400 g/mol. The maximum absolute atomic E-state index is 13.3. The van der Waals surface area contributed by atoms with Crippen molar-refractivity contribution in [3.63, 3.8) is 0 Å². The highest BCUT2D eigenvalue weighted by Crippen LogP contribution is 2.34. The van der Waals surface area contributed by atoms with Gasteiger partial charge >= 0.3 is 0 Å². The molecule has 0 saturated carbocycles. The van der Waals surface area contributed by atoms with Gasteiger partial charge in [-0.15, -0.1) is 0 Å². The molecule has 6 nitrogen and oxygen atoms in total. The van der Waals surface area contributed by atoms with Gasteiger partial charge in [-0.05, 0) is 36.1 Å². The first-order valence-corrected chi connectivity index (χ1v) is 11.0. The van der Waals surface area contributed by atoms with Crippen molar-refractivity contribution in [1.82, 2.24) is 4.31 Å². The lowest BCUT2D eigenvalue weighted by atomic mass is 9.95. The number of carbonyl (C=O) groups is 1. The molecule has 0 bridgehead atoms. The van der Waals surface area contributed by atoms with E-state index >= 15 is 0 Å². The number of rotatable bonds is 3. The van der Waals surface area contributed by atoms with E-state index in [1.165, 1.54) is 11.2 Å². The van der Waals surface area contributed by atoms with Gasteiger partial charge in [0.25, 0.3) is 0 Å². The van der Waals surface area contributed by atoms with Gasteiger partial charge in [0.1, 0.15) is 0 Å². The zero-order valence-electron chi connectivity index (χ0n) is 15.9. The van der Waals surface area contributed by atoms with Crippen molar-refractivity contribution in [3.05, 3.63) is 59.7 Å². The Hall–Kier alpha value is -2.22. The standard InChI is InChI=1S/C21H25N3O3S/c1-15(25)24-11-5-8-17-9-10-18(12-21(17)24)28(26,27)23-13-19(20(22)14-23)16-6-3-2-4-7-16/h2-4,6-7,9-10,12,19-20H,5,8,11,13-14,22H2,1H3/t19-,20+/m0/s1. The summed E-state index contributed by atoms with van der Waals surface area (Å²) in [5.41, 5.74) is 9.07. The second kappa shape index (κ2) is 7.31. The molecule has 0 unspecified atom stereocenters. The molecule has 1 fully saturated rings. The zero-order valence-corrected chi connectivity index (χ0v) is 16.7. The molecule has 2 aromatic carbocycles. The molecule has 2 aliphatic heterocycles. The second-order valence-corrected chi connectivity index (χ2v) is 9.51. The van der Waals surface area contributed by atoms with Gasteiger partial charge in [-0.3, -0.25) is 4.79 Å². The number of carbonyl (C=O) groups excluding carboxylic acids is 1. The van der Waals surface area contributed by atoms with Gasteiger partial charge in [-0.25, -0.2) is 8.42 Å². The number of sulfonamides is 1. The van der Waals surface area contributed by atoms with Crippen molar-refractivity contribution in [1.29, 1.82) is 0 Å². The number of fused-ring (bicyclic) bond motifs is 1. The van der Waals surface area contributed by atoms with Crippen LogP contribution in [0.3, 0.4) is 0 Å². The number of nitrogens with two attached hydrogens (primary N) is 1. The molecule has 0 radical (unpaired) electrons. The summed E-state index contributed by atoms with van der Waals surface area (Å²) in [6.07, 6.45) is 1.74. The maximum Gasteiger partial charge on any atom is 0.243 e. The predicted molar refractivity (Wildman–Crippen MR) is 109 cm³/mol. The van der Waals surface area contributed by atoms with Gasteiger partial charge in [-0.2, -0.15) is 4.31 Å². The van der Waals surface area contributed by atoms with E-state index in [-0.39, 0.29) is 29.3 Å². The first kappa shape index (κ1) is 19.1. The van der Waals surface area contributed by atoms with Crippen LogP contribution in [0.1, 0.15) is 30.4 Å². The molecule has 148 valence electrons. The number of amides is 1. The fourth-order valence-corrected chi connectivity index (χ4v) is 5.76. The Morgan fingerprint density at radius 1 is 1.11 bits per heavy atom. The fraction of sp³-hybridized carbons (Fsp3) is 0.381. The van der Waals surface area contributed by atoms with Crippen LogP contribution in [0.25, 0.3) is 0 Å². The number of anilines is 1. The van der Waals surface area contributed by atoms with E-state index < -0.39 is 10.0 Å². The molecule has 1 amide bonds. The highest BCUT2D eigenvalue weighted by Gasteiger charge is 2.38. The summed E-state index contributed by atoms with van der Waals surface area (Å²) < 4.78 is 28.0. The van der Waals surface area contributed by atoms with Crippen molar-refractivity contribution >= 4 is 21.6 Å². The molecule has 0 spiro atoms. The van der Waals surface area contributed by atoms with E-state index in [9.17, 15) is 13.2 Å².